The second-order valence-corrected chi connectivity index (χ2v) is 3.74. The van der Waals surface area contributed by atoms with Gasteiger partial charge in [0.05, 0.1) is 0 Å². The Morgan fingerprint density at radius 3 is 2.00 bits per heavy atom. The van der Waals surface area contributed by atoms with Gasteiger partial charge in [-0.1, -0.05) is 25.8 Å². The summed E-state index contributed by atoms with van der Waals surface area (Å²) < 4.78 is 0. The van der Waals surface area contributed by atoms with Crippen LogP contribution in [0.3, 0.4) is 0 Å². The summed E-state index contributed by atoms with van der Waals surface area (Å²) in [6.07, 6.45) is 3.27. The van der Waals surface area contributed by atoms with Crippen LogP contribution in [-0.2, 0) is 9.59 Å². The number of hydrogen-bond donors (Lipinski definition) is 2. The molecule has 0 rings (SSSR count). The lowest BCUT2D eigenvalue weighted by Gasteiger charge is -2.09. The number of carboxylic acids is 2. The summed E-state index contributed by atoms with van der Waals surface area (Å²) in [7, 11) is 0. The van der Waals surface area contributed by atoms with E-state index in [1.807, 2.05) is 13.8 Å². The highest BCUT2D eigenvalue weighted by Gasteiger charge is 2.13. The first-order valence-electron chi connectivity index (χ1n) is 5.68. The minimum absolute atomic E-state index is 0.00603. The quantitative estimate of drug-likeness (QED) is 0.626. The summed E-state index contributed by atoms with van der Waals surface area (Å²) in [6, 6.07) is 0. The average Bonchev–Trinajstić information content (AvgIpc) is 2.22. The van der Waals surface area contributed by atoms with Crippen molar-refractivity contribution in [1.82, 2.24) is 0 Å². The molecule has 0 bridgehead atoms. The van der Waals surface area contributed by atoms with E-state index in [9.17, 15) is 9.59 Å². The molecule has 0 aromatic heterocycles. The lowest BCUT2D eigenvalue weighted by atomic mass is 9.97. The van der Waals surface area contributed by atoms with Crippen molar-refractivity contribution in [3.05, 3.63) is 11.1 Å². The first-order valence-corrected chi connectivity index (χ1v) is 5.68. The van der Waals surface area contributed by atoms with Crippen LogP contribution in [-0.4, -0.2) is 22.2 Å². The topological polar surface area (TPSA) is 74.6 Å². The van der Waals surface area contributed by atoms with Crippen LogP contribution in [0.2, 0.25) is 0 Å². The molecule has 0 aliphatic rings. The van der Waals surface area contributed by atoms with E-state index in [4.69, 9.17) is 10.2 Å². The smallest absolute Gasteiger partial charge is 0.331 e. The molecule has 0 atom stereocenters. The van der Waals surface area contributed by atoms with Gasteiger partial charge in [0.2, 0.25) is 0 Å². The standard InChI is InChI=1S/C12H20O4/c1-3-5-6-10(12(15)16)9(4-2)7-8-11(13)14/h3-8H2,1-2H3,(H,13,14)(H,15,16). The molecule has 0 heterocycles. The second kappa shape index (κ2) is 7.91. The van der Waals surface area contributed by atoms with Gasteiger partial charge >= 0.3 is 11.9 Å². The molecule has 4 heteroatoms. The van der Waals surface area contributed by atoms with E-state index in [-0.39, 0.29) is 6.42 Å². The van der Waals surface area contributed by atoms with Crippen LogP contribution < -0.4 is 0 Å². The Balaban J connectivity index is 4.70. The monoisotopic (exact) mass is 228 g/mol. The number of rotatable bonds is 8. The van der Waals surface area contributed by atoms with Gasteiger partial charge in [-0.25, -0.2) is 4.79 Å². The Hall–Kier alpha value is -1.32. The molecule has 0 radical (unpaired) electrons. The first kappa shape index (κ1) is 14.7. The Bertz CT molecular complexity index is 279. The molecule has 0 spiro atoms. The average molecular weight is 228 g/mol. The van der Waals surface area contributed by atoms with E-state index in [1.165, 1.54) is 0 Å². The molecular weight excluding hydrogens is 208 g/mol. The van der Waals surface area contributed by atoms with E-state index < -0.39 is 11.9 Å². The third-order valence-corrected chi connectivity index (χ3v) is 2.53. The lowest BCUT2D eigenvalue weighted by Crippen LogP contribution is -2.06. The molecule has 0 amide bonds. The number of aliphatic carboxylic acids is 2. The fourth-order valence-electron chi connectivity index (χ4n) is 1.59. The van der Waals surface area contributed by atoms with Gasteiger partial charge in [0, 0.05) is 12.0 Å². The molecule has 0 aliphatic carbocycles. The summed E-state index contributed by atoms with van der Waals surface area (Å²) >= 11 is 0. The van der Waals surface area contributed by atoms with Crippen molar-refractivity contribution in [2.75, 3.05) is 0 Å². The number of carboxylic acid groups (broad SMARTS) is 2. The van der Waals surface area contributed by atoms with Crippen molar-refractivity contribution in [3.63, 3.8) is 0 Å². The minimum atomic E-state index is -0.907. The molecule has 4 nitrogen and oxygen atoms in total. The zero-order valence-electron chi connectivity index (χ0n) is 9.95. The van der Waals surface area contributed by atoms with Crippen molar-refractivity contribution in [1.29, 1.82) is 0 Å². The maximum absolute atomic E-state index is 11.0. The lowest BCUT2D eigenvalue weighted by molar-refractivity contribution is -0.137. The third kappa shape index (κ3) is 5.53. The van der Waals surface area contributed by atoms with E-state index >= 15 is 0 Å². The van der Waals surface area contributed by atoms with Crippen molar-refractivity contribution in [3.8, 4) is 0 Å². The maximum Gasteiger partial charge on any atom is 0.331 e. The van der Waals surface area contributed by atoms with Gasteiger partial charge < -0.3 is 10.2 Å². The number of carbonyl (C=O) groups is 2. The largest absolute Gasteiger partial charge is 0.481 e. The van der Waals surface area contributed by atoms with Gasteiger partial charge in [-0.05, 0) is 25.7 Å². The Morgan fingerprint density at radius 2 is 1.62 bits per heavy atom. The van der Waals surface area contributed by atoms with Crippen molar-refractivity contribution >= 4 is 11.9 Å². The van der Waals surface area contributed by atoms with Crippen LogP contribution in [0.1, 0.15) is 52.4 Å². The van der Waals surface area contributed by atoms with E-state index in [0.717, 1.165) is 18.4 Å². The van der Waals surface area contributed by atoms with Crippen LogP contribution in [0.5, 0.6) is 0 Å². The van der Waals surface area contributed by atoms with Crippen molar-refractivity contribution in [2.45, 2.75) is 52.4 Å². The normalized spacial score (nSPS) is 12.1. The minimum Gasteiger partial charge on any atom is -0.481 e. The highest BCUT2D eigenvalue weighted by atomic mass is 16.4. The number of hydrogen-bond acceptors (Lipinski definition) is 2. The second-order valence-electron chi connectivity index (χ2n) is 3.74. The number of unbranched alkanes of at least 4 members (excludes halogenated alkanes) is 1. The predicted molar refractivity (Wildman–Crippen MR) is 61.3 cm³/mol. The van der Waals surface area contributed by atoms with Gasteiger partial charge in [-0.2, -0.15) is 0 Å². The van der Waals surface area contributed by atoms with E-state index in [1.54, 1.807) is 0 Å². The Labute approximate surface area is 96.0 Å². The van der Waals surface area contributed by atoms with Crippen LogP contribution in [0.4, 0.5) is 0 Å². The Kier molecular flexibility index (Phi) is 7.25. The highest BCUT2D eigenvalue weighted by molar-refractivity contribution is 5.87. The summed E-state index contributed by atoms with van der Waals surface area (Å²) in [4.78, 5) is 21.5. The van der Waals surface area contributed by atoms with Crippen LogP contribution in [0.25, 0.3) is 0 Å². The zero-order chi connectivity index (χ0) is 12.6. The molecule has 16 heavy (non-hydrogen) atoms. The molecule has 92 valence electrons. The SMILES string of the molecule is CCCCC(C(=O)O)=C(CC)CCC(=O)O. The summed E-state index contributed by atoms with van der Waals surface area (Å²) in [5.74, 6) is -1.79. The van der Waals surface area contributed by atoms with Crippen LogP contribution in [0, 0.1) is 0 Å². The summed E-state index contributed by atoms with van der Waals surface area (Å²) in [5.41, 5.74) is 1.17. The molecule has 2 N–H and O–H groups in total. The maximum atomic E-state index is 11.0. The Morgan fingerprint density at radius 1 is 1.00 bits per heavy atom. The molecule has 0 fully saturated rings. The number of allylic oxidation sites excluding steroid dienone is 1. The molecular formula is C12H20O4. The van der Waals surface area contributed by atoms with Crippen LogP contribution in [0.15, 0.2) is 11.1 Å². The highest BCUT2D eigenvalue weighted by Crippen LogP contribution is 2.20. The first-order chi connectivity index (χ1) is 7.52. The molecule has 0 aromatic rings. The van der Waals surface area contributed by atoms with Crippen molar-refractivity contribution < 1.29 is 19.8 Å². The molecule has 0 aliphatic heterocycles. The van der Waals surface area contributed by atoms with Gasteiger partial charge in [-0.15, -0.1) is 0 Å². The van der Waals surface area contributed by atoms with E-state index in [0.29, 0.717) is 24.8 Å². The molecule has 0 unspecified atom stereocenters. The van der Waals surface area contributed by atoms with Gasteiger partial charge in [-0.3, -0.25) is 4.79 Å². The molecule has 0 aromatic carbocycles. The van der Waals surface area contributed by atoms with Crippen LogP contribution >= 0.6 is 0 Å². The summed E-state index contributed by atoms with van der Waals surface area (Å²) in [5, 5.41) is 17.6. The summed E-state index contributed by atoms with van der Waals surface area (Å²) in [6.45, 7) is 3.87. The van der Waals surface area contributed by atoms with Gasteiger partial charge in [0.1, 0.15) is 0 Å². The fourth-order valence-corrected chi connectivity index (χ4v) is 1.59. The molecule has 0 saturated heterocycles. The van der Waals surface area contributed by atoms with Crippen molar-refractivity contribution in [2.24, 2.45) is 0 Å². The van der Waals surface area contributed by atoms with E-state index in [2.05, 4.69) is 0 Å². The predicted octanol–water partition coefficient (Wildman–Crippen LogP) is 2.83. The van der Waals surface area contributed by atoms with Gasteiger partial charge in [0.25, 0.3) is 0 Å². The third-order valence-electron chi connectivity index (χ3n) is 2.53. The fraction of sp³-hybridized carbons (Fsp3) is 0.667. The molecule has 0 saturated carbocycles. The van der Waals surface area contributed by atoms with Gasteiger partial charge in [0.15, 0.2) is 0 Å². The zero-order valence-corrected chi connectivity index (χ0v) is 9.95.